The number of anilines is 1. The van der Waals surface area contributed by atoms with Gasteiger partial charge in [0.25, 0.3) is 9.70 Å². The Morgan fingerprint density at radius 3 is 2.65 bits per heavy atom. The van der Waals surface area contributed by atoms with Gasteiger partial charge in [0.2, 0.25) is 5.89 Å². The van der Waals surface area contributed by atoms with Gasteiger partial charge < -0.3 is 9.73 Å². The van der Waals surface area contributed by atoms with Crippen LogP contribution in [0.1, 0.15) is 5.56 Å². The van der Waals surface area contributed by atoms with Crippen LogP contribution in [0.25, 0.3) is 22.6 Å². The number of fused-ring (bicyclic) bond motifs is 1. The van der Waals surface area contributed by atoms with E-state index < -0.39 is 9.70 Å². The van der Waals surface area contributed by atoms with Gasteiger partial charge in [0.1, 0.15) is 5.52 Å². The summed E-state index contributed by atoms with van der Waals surface area (Å²) in [5, 5.41) is 2.52. The minimum atomic E-state index is -2.02. The van der Waals surface area contributed by atoms with Gasteiger partial charge in [-0.3, -0.25) is 4.79 Å². The van der Waals surface area contributed by atoms with Crippen LogP contribution in [-0.2, 0) is 4.79 Å². The first-order chi connectivity index (χ1) is 10.8. The Morgan fingerprint density at radius 2 is 1.96 bits per heavy atom. The second-order valence-electron chi connectivity index (χ2n) is 5.02. The molecule has 23 heavy (non-hydrogen) atoms. The van der Waals surface area contributed by atoms with Crippen molar-refractivity contribution in [2.45, 2.75) is 10.7 Å². The fraction of sp³-hybridized carbons (Fsp3) is 0.125. The lowest BCUT2D eigenvalue weighted by molar-refractivity contribution is -0.115. The number of rotatable bonds is 2. The first-order valence-electron chi connectivity index (χ1n) is 6.69. The summed E-state index contributed by atoms with van der Waals surface area (Å²) in [4.78, 5) is 16.1. The normalized spacial score (nSPS) is 11.7. The van der Waals surface area contributed by atoms with Gasteiger partial charge in [0.05, 0.1) is 0 Å². The molecular formula is C16H11Cl3N2O2. The molecule has 1 heterocycles. The Morgan fingerprint density at radius 1 is 1.17 bits per heavy atom. The van der Waals surface area contributed by atoms with Gasteiger partial charge in [0, 0.05) is 11.3 Å². The van der Waals surface area contributed by atoms with E-state index in [0.717, 1.165) is 11.1 Å². The largest absolute Gasteiger partial charge is 0.436 e. The molecule has 0 unspecified atom stereocenters. The van der Waals surface area contributed by atoms with Crippen molar-refractivity contribution in [2.75, 3.05) is 5.32 Å². The number of nitrogens with zero attached hydrogens (tertiary/aromatic N) is 1. The molecule has 1 N–H and O–H groups in total. The number of oxazole rings is 1. The van der Waals surface area contributed by atoms with Gasteiger partial charge in [-0.2, -0.15) is 0 Å². The number of aromatic nitrogens is 1. The van der Waals surface area contributed by atoms with Gasteiger partial charge in [-0.1, -0.05) is 52.5 Å². The highest BCUT2D eigenvalue weighted by atomic mass is 35.6. The Labute approximate surface area is 147 Å². The Bertz CT molecular complexity index is 884. The maximum atomic E-state index is 11.7. The van der Waals surface area contributed by atoms with Crippen molar-refractivity contribution in [3.05, 3.63) is 48.0 Å². The molecule has 0 bridgehead atoms. The van der Waals surface area contributed by atoms with E-state index in [-0.39, 0.29) is 0 Å². The summed E-state index contributed by atoms with van der Waals surface area (Å²) in [5.74, 6) is -0.224. The lowest BCUT2D eigenvalue weighted by atomic mass is 10.1. The van der Waals surface area contributed by atoms with Gasteiger partial charge in [-0.25, -0.2) is 4.98 Å². The van der Waals surface area contributed by atoms with E-state index in [9.17, 15) is 4.79 Å². The first-order valence-corrected chi connectivity index (χ1v) is 7.82. The van der Waals surface area contributed by atoms with Crippen LogP contribution in [-0.4, -0.2) is 14.7 Å². The topological polar surface area (TPSA) is 55.1 Å². The van der Waals surface area contributed by atoms with Crippen LogP contribution >= 0.6 is 34.8 Å². The molecule has 0 aliphatic rings. The highest BCUT2D eigenvalue weighted by Crippen LogP contribution is 2.30. The molecule has 0 radical (unpaired) electrons. The molecule has 0 fully saturated rings. The molecule has 1 amide bonds. The molecule has 4 nitrogen and oxygen atoms in total. The molecule has 0 saturated heterocycles. The SMILES string of the molecule is Cc1cccc(-c2nc3cc(NC(=O)C(Cl)(Cl)Cl)ccc3o2)c1. The van der Waals surface area contributed by atoms with E-state index in [2.05, 4.69) is 10.3 Å². The fourth-order valence-electron chi connectivity index (χ4n) is 2.11. The minimum absolute atomic E-state index is 0.470. The molecule has 0 spiro atoms. The zero-order chi connectivity index (χ0) is 16.6. The smallest absolute Gasteiger partial charge is 0.276 e. The van der Waals surface area contributed by atoms with Crippen molar-refractivity contribution in [3.8, 4) is 11.5 Å². The molecule has 0 aliphatic carbocycles. The third-order valence-electron chi connectivity index (χ3n) is 3.17. The number of carbonyl (C=O) groups excluding carboxylic acids is 1. The number of alkyl halides is 3. The average Bonchev–Trinajstić information content (AvgIpc) is 2.89. The third-order valence-corrected chi connectivity index (χ3v) is 3.68. The van der Waals surface area contributed by atoms with E-state index in [1.807, 2.05) is 31.2 Å². The number of amides is 1. The lowest BCUT2D eigenvalue weighted by Crippen LogP contribution is -2.26. The number of nitrogens with one attached hydrogen (secondary N) is 1. The van der Waals surface area contributed by atoms with Gasteiger partial charge >= 0.3 is 0 Å². The summed E-state index contributed by atoms with van der Waals surface area (Å²) in [5.41, 5.74) is 3.67. The van der Waals surface area contributed by atoms with Crippen molar-refractivity contribution in [1.29, 1.82) is 0 Å². The molecular weight excluding hydrogens is 359 g/mol. The number of aryl methyl sites for hydroxylation is 1. The van der Waals surface area contributed by atoms with E-state index >= 15 is 0 Å². The zero-order valence-corrected chi connectivity index (χ0v) is 14.2. The summed E-state index contributed by atoms with van der Waals surface area (Å²) >= 11 is 16.6. The van der Waals surface area contributed by atoms with E-state index in [1.165, 1.54) is 0 Å². The van der Waals surface area contributed by atoms with Gasteiger partial charge in [0.15, 0.2) is 5.58 Å². The molecule has 3 aromatic rings. The minimum Gasteiger partial charge on any atom is -0.436 e. The third kappa shape index (κ3) is 3.61. The first kappa shape index (κ1) is 16.1. The number of hydrogen-bond acceptors (Lipinski definition) is 3. The molecule has 0 saturated carbocycles. The molecule has 3 rings (SSSR count). The molecule has 1 aromatic heterocycles. The van der Waals surface area contributed by atoms with Crippen LogP contribution in [0.15, 0.2) is 46.9 Å². The maximum Gasteiger partial charge on any atom is 0.276 e. The summed E-state index contributed by atoms with van der Waals surface area (Å²) in [7, 11) is 0. The maximum absolute atomic E-state index is 11.7. The van der Waals surface area contributed by atoms with Gasteiger partial charge in [-0.15, -0.1) is 0 Å². The van der Waals surface area contributed by atoms with Crippen LogP contribution in [0.2, 0.25) is 0 Å². The van der Waals surface area contributed by atoms with Crippen molar-refractivity contribution >= 4 is 57.5 Å². The Hall–Kier alpha value is -1.75. The predicted octanol–water partition coefficient (Wildman–Crippen LogP) is 5.11. The van der Waals surface area contributed by atoms with Crippen molar-refractivity contribution < 1.29 is 9.21 Å². The molecule has 118 valence electrons. The van der Waals surface area contributed by atoms with E-state index in [4.69, 9.17) is 39.2 Å². The second kappa shape index (κ2) is 6.04. The summed E-state index contributed by atoms with van der Waals surface area (Å²) < 4.78 is 3.71. The highest BCUT2D eigenvalue weighted by molar-refractivity contribution is 6.76. The average molecular weight is 370 g/mol. The second-order valence-corrected chi connectivity index (χ2v) is 7.30. The van der Waals surface area contributed by atoms with Gasteiger partial charge in [-0.05, 0) is 37.3 Å². The van der Waals surface area contributed by atoms with Crippen LogP contribution in [0.4, 0.5) is 5.69 Å². The van der Waals surface area contributed by atoms with Crippen molar-refractivity contribution in [2.24, 2.45) is 0 Å². The van der Waals surface area contributed by atoms with E-state index in [1.54, 1.807) is 18.2 Å². The standard InChI is InChI=1S/C16H11Cl3N2O2/c1-9-3-2-4-10(7-9)14-21-12-8-11(5-6-13(12)23-14)20-15(22)16(17,18)19/h2-8H,1H3,(H,20,22). The quantitative estimate of drug-likeness (QED) is 0.638. The number of halogens is 3. The molecule has 0 aliphatic heterocycles. The number of benzene rings is 2. The van der Waals surface area contributed by atoms with Crippen molar-refractivity contribution in [1.82, 2.24) is 4.98 Å². The zero-order valence-electron chi connectivity index (χ0n) is 11.9. The number of hydrogen-bond donors (Lipinski definition) is 1. The van der Waals surface area contributed by atoms with Crippen LogP contribution in [0.5, 0.6) is 0 Å². The summed E-state index contributed by atoms with van der Waals surface area (Å²) in [6.07, 6.45) is 0. The Kier molecular flexibility index (Phi) is 4.23. The summed E-state index contributed by atoms with van der Waals surface area (Å²) in [6, 6.07) is 12.9. The predicted molar refractivity (Wildman–Crippen MR) is 93.1 cm³/mol. The fourth-order valence-corrected chi connectivity index (χ4v) is 2.25. The number of carbonyl (C=O) groups is 1. The molecule has 0 atom stereocenters. The van der Waals surface area contributed by atoms with Crippen LogP contribution < -0.4 is 5.32 Å². The van der Waals surface area contributed by atoms with Crippen LogP contribution in [0.3, 0.4) is 0 Å². The highest BCUT2D eigenvalue weighted by Gasteiger charge is 2.30. The lowest BCUT2D eigenvalue weighted by Gasteiger charge is -2.10. The van der Waals surface area contributed by atoms with Crippen molar-refractivity contribution in [3.63, 3.8) is 0 Å². The Balaban J connectivity index is 1.94. The molecule has 2 aromatic carbocycles. The van der Waals surface area contributed by atoms with E-state index in [0.29, 0.717) is 22.7 Å². The van der Waals surface area contributed by atoms with Crippen LogP contribution in [0, 0.1) is 6.92 Å². The molecule has 7 heteroatoms. The monoisotopic (exact) mass is 368 g/mol. The summed E-state index contributed by atoms with van der Waals surface area (Å²) in [6.45, 7) is 2.00.